The van der Waals surface area contributed by atoms with Crippen molar-refractivity contribution in [1.82, 2.24) is 10.6 Å². The molecule has 3 aromatic carbocycles. The van der Waals surface area contributed by atoms with Gasteiger partial charge in [0.1, 0.15) is 13.2 Å². The number of amides is 1. The van der Waals surface area contributed by atoms with E-state index in [1.165, 1.54) is 19.6 Å². The SMILES string of the molecule is COCC(F)(F)COCc1ccc(C2(O)CCNCCC2c2ccc(-c3ccccc3CCNC(C)=O)cc2C)cc1. The van der Waals surface area contributed by atoms with Crippen LogP contribution < -0.4 is 10.6 Å². The molecule has 1 fully saturated rings. The molecule has 226 valence electrons. The number of alkyl halides is 2. The highest BCUT2D eigenvalue weighted by molar-refractivity contribution is 5.73. The lowest BCUT2D eigenvalue weighted by molar-refractivity contribution is -0.119. The second kappa shape index (κ2) is 14.3. The summed E-state index contributed by atoms with van der Waals surface area (Å²) in [7, 11) is 1.24. The topological polar surface area (TPSA) is 79.8 Å². The number of hydrogen-bond acceptors (Lipinski definition) is 5. The van der Waals surface area contributed by atoms with Gasteiger partial charge in [-0.25, -0.2) is 8.78 Å². The molecule has 2 atom stereocenters. The molecule has 0 spiro atoms. The number of methoxy groups -OCH3 is 1. The number of benzene rings is 3. The largest absolute Gasteiger partial charge is 0.384 e. The van der Waals surface area contributed by atoms with Crippen LogP contribution in [0, 0.1) is 6.92 Å². The molecule has 3 aromatic rings. The van der Waals surface area contributed by atoms with Crippen molar-refractivity contribution in [2.24, 2.45) is 0 Å². The molecule has 1 aliphatic rings. The van der Waals surface area contributed by atoms with Crippen LogP contribution in [0.4, 0.5) is 8.78 Å². The molecule has 3 N–H and O–H groups in total. The zero-order valence-electron chi connectivity index (χ0n) is 24.7. The first-order valence-corrected chi connectivity index (χ1v) is 14.5. The number of nitrogens with one attached hydrogen (secondary N) is 2. The van der Waals surface area contributed by atoms with Crippen LogP contribution in [0.1, 0.15) is 53.5 Å². The molecule has 4 rings (SSSR count). The normalized spacial score (nSPS) is 19.3. The van der Waals surface area contributed by atoms with Gasteiger partial charge in [-0.15, -0.1) is 0 Å². The van der Waals surface area contributed by atoms with E-state index < -0.39 is 24.7 Å². The third-order valence-corrected chi connectivity index (χ3v) is 8.00. The lowest BCUT2D eigenvalue weighted by atomic mass is 9.73. The highest BCUT2D eigenvalue weighted by Gasteiger charge is 2.40. The maximum absolute atomic E-state index is 13.7. The van der Waals surface area contributed by atoms with E-state index in [1.54, 1.807) is 0 Å². The third kappa shape index (κ3) is 8.01. The molecule has 6 nitrogen and oxygen atoms in total. The monoisotopic (exact) mass is 580 g/mol. The van der Waals surface area contributed by atoms with Gasteiger partial charge in [0.05, 0.1) is 12.2 Å². The summed E-state index contributed by atoms with van der Waals surface area (Å²) >= 11 is 0. The summed E-state index contributed by atoms with van der Waals surface area (Å²) in [5.74, 6) is -3.21. The Hall–Kier alpha value is -3.17. The molecule has 42 heavy (non-hydrogen) atoms. The average molecular weight is 581 g/mol. The zero-order chi connectivity index (χ0) is 30.2. The maximum atomic E-state index is 13.7. The molecule has 1 saturated heterocycles. The standard InChI is InChI=1S/C34H42F2N2O4/c1-24-20-28(31-7-5-4-6-27(31)14-18-38-25(2)39)10-13-30(24)32-15-17-37-19-16-34(32,40)29-11-8-26(9-12-29)21-42-23-33(35,36)22-41-3/h4-13,20,32,37,40H,14-19,21-23H2,1-3H3,(H,38,39). The second-order valence-corrected chi connectivity index (χ2v) is 11.2. The molecule has 2 unspecified atom stereocenters. The first kappa shape index (κ1) is 31.8. The van der Waals surface area contributed by atoms with Crippen LogP contribution in [0.5, 0.6) is 0 Å². The van der Waals surface area contributed by atoms with Crippen LogP contribution >= 0.6 is 0 Å². The summed E-state index contributed by atoms with van der Waals surface area (Å²) in [5.41, 5.74) is 6.08. The van der Waals surface area contributed by atoms with E-state index in [2.05, 4.69) is 52.6 Å². The molecule has 0 aromatic heterocycles. The van der Waals surface area contributed by atoms with Crippen molar-refractivity contribution >= 4 is 5.91 Å². The molecule has 0 radical (unpaired) electrons. The van der Waals surface area contributed by atoms with Crippen LogP contribution in [0.2, 0.25) is 0 Å². The number of ether oxygens (including phenoxy) is 2. The fourth-order valence-corrected chi connectivity index (χ4v) is 5.91. The Kier molecular flexibility index (Phi) is 10.8. The van der Waals surface area contributed by atoms with E-state index in [0.717, 1.165) is 52.8 Å². The van der Waals surface area contributed by atoms with Gasteiger partial charge in [-0.3, -0.25) is 4.79 Å². The van der Waals surface area contributed by atoms with E-state index in [4.69, 9.17) is 4.74 Å². The lowest BCUT2D eigenvalue weighted by Crippen LogP contribution is -2.34. The minimum absolute atomic E-state index is 0.0383. The van der Waals surface area contributed by atoms with Gasteiger partial charge < -0.3 is 25.2 Å². The smallest absolute Gasteiger partial charge is 0.293 e. The van der Waals surface area contributed by atoms with E-state index in [0.29, 0.717) is 19.5 Å². The average Bonchev–Trinajstić information content (AvgIpc) is 3.15. The van der Waals surface area contributed by atoms with Crippen LogP contribution in [0.25, 0.3) is 11.1 Å². The van der Waals surface area contributed by atoms with Gasteiger partial charge in [0, 0.05) is 26.5 Å². The van der Waals surface area contributed by atoms with Crippen LogP contribution in [-0.4, -0.2) is 56.9 Å². The number of carbonyl (C=O) groups excluding carboxylic acids is 1. The van der Waals surface area contributed by atoms with Crippen LogP contribution in [-0.2, 0) is 32.9 Å². The quantitative estimate of drug-likeness (QED) is 0.264. The van der Waals surface area contributed by atoms with Crippen molar-refractivity contribution in [2.75, 3.05) is 40.0 Å². The van der Waals surface area contributed by atoms with Crippen molar-refractivity contribution in [1.29, 1.82) is 0 Å². The zero-order valence-corrected chi connectivity index (χ0v) is 24.7. The van der Waals surface area contributed by atoms with E-state index in [1.807, 2.05) is 36.4 Å². The van der Waals surface area contributed by atoms with Gasteiger partial charge in [-0.1, -0.05) is 66.7 Å². The summed E-state index contributed by atoms with van der Waals surface area (Å²) in [6.07, 6.45) is 2.05. The number of aliphatic hydroxyl groups is 1. The van der Waals surface area contributed by atoms with Crippen molar-refractivity contribution in [3.05, 3.63) is 94.5 Å². The predicted molar refractivity (Wildman–Crippen MR) is 161 cm³/mol. The molecular formula is C34H42F2N2O4. The van der Waals surface area contributed by atoms with Crippen molar-refractivity contribution in [2.45, 2.75) is 57.2 Å². The number of halogens is 2. The number of rotatable bonds is 12. The second-order valence-electron chi connectivity index (χ2n) is 11.2. The molecule has 1 aliphatic heterocycles. The van der Waals surface area contributed by atoms with E-state index in [-0.39, 0.29) is 18.4 Å². The summed E-state index contributed by atoms with van der Waals surface area (Å²) in [6.45, 7) is 4.34. The minimum atomic E-state index is -3.04. The third-order valence-electron chi connectivity index (χ3n) is 8.00. The van der Waals surface area contributed by atoms with Crippen LogP contribution in [0.15, 0.2) is 66.7 Å². The fourth-order valence-electron chi connectivity index (χ4n) is 5.91. The molecule has 0 saturated carbocycles. The number of carbonyl (C=O) groups is 1. The molecule has 8 heteroatoms. The molecule has 0 bridgehead atoms. The van der Waals surface area contributed by atoms with Gasteiger partial charge >= 0.3 is 0 Å². The van der Waals surface area contributed by atoms with Crippen molar-refractivity contribution in [3.63, 3.8) is 0 Å². The van der Waals surface area contributed by atoms with E-state index >= 15 is 0 Å². The lowest BCUT2D eigenvalue weighted by Gasteiger charge is -2.36. The Labute approximate surface area is 247 Å². The van der Waals surface area contributed by atoms with Gasteiger partial charge in [0.15, 0.2) is 0 Å². The van der Waals surface area contributed by atoms with Crippen molar-refractivity contribution in [3.8, 4) is 11.1 Å². The number of aryl methyl sites for hydroxylation is 1. The molecule has 0 aliphatic carbocycles. The maximum Gasteiger partial charge on any atom is 0.293 e. The predicted octanol–water partition coefficient (Wildman–Crippen LogP) is 5.49. The Balaban J connectivity index is 1.55. The summed E-state index contributed by atoms with van der Waals surface area (Å²) in [6, 6.07) is 22.1. The Morgan fingerprint density at radius 1 is 1.10 bits per heavy atom. The molecule has 1 amide bonds. The van der Waals surface area contributed by atoms with Gasteiger partial charge in [0.25, 0.3) is 5.92 Å². The van der Waals surface area contributed by atoms with Crippen molar-refractivity contribution < 1.29 is 28.2 Å². The van der Waals surface area contributed by atoms with E-state index in [9.17, 15) is 18.7 Å². The summed E-state index contributed by atoms with van der Waals surface area (Å²) in [5, 5.41) is 18.6. The van der Waals surface area contributed by atoms with Crippen LogP contribution in [0.3, 0.4) is 0 Å². The first-order chi connectivity index (χ1) is 20.1. The van der Waals surface area contributed by atoms with Gasteiger partial charge in [0.2, 0.25) is 5.91 Å². The fraction of sp³-hybridized carbons (Fsp3) is 0.441. The Bertz CT molecular complexity index is 1330. The van der Waals surface area contributed by atoms with Gasteiger partial charge in [-0.2, -0.15) is 0 Å². The Morgan fingerprint density at radius 2 is 1.86 bits per heavy atom. The first-order valence-electron chi connectivity index (χ1n) is 14.5. The Morgan fingerprint density at radius 3 is 2.57 bits per heavy atom. The highest BCUT2D eigenvalue weighted by atomic mass is 19.3. The minimum Gasteiger partial charge on any atom is -0.384 e. The highest BCUT2D eigenvalue weighted by Crippen LogP contribution is 2.44. The summed E-state index contributed by atoms with van der Waals surface area (Å²) in [4.78, 5) is 11.3. The molecular weight excluding hydrogens is 538 g/mol. The summed E-state index contributed by atoms with van der Waals surface area (Å²) < 4.78 is 37.1. The van der Waals surface area contributed by atoms with Gasteiger partial charge in [-0.05, 0) is 78.2 Å². The number of hydrogen-bond donors (Lipinski definition) is 3. The molecule has 1 heterocycles.